The van der Waals surface area contributed by atoms with E-state index in [9.17, 15) is 9.90 Å². The van der Waals surface area contributed by atoms with Crippen LogP contribution in [0.4, 0.5) is 4.79 Å². The average Bonchev–Trinajstić information content (AvgIpc) is 2.76. The molecule has 0 bridgehead atoms. The van der Waals surface area contributed by atoms with Crippen molar-refractivity contribution in [2.75, 3.05) is 32.7 Å². The lowest BCUT2D eigenvalue weighted by atomic mass is 10.2. The number of nitrogens with zero attached hydrogens (tertiary/aromatic N) is 3. The second-order valence-corrected chi connectivity index (χ2v) is 6.67. The minimum absolute atomic E-state index is 0.197. The topological polar surface area (TPSA) is 77.4 Å². The number of nitrogens with one attached hydrogen (secondary N) is 1. The van der Waals surface area contributed by atoms with Crippen molar-refractivity contribution in [2.45, 2.75) is 45.4 Å². The van der Waals surface area contributed by atoms with E-state index in [1.807, 2.05) is 20.8 Å². The van der Waals surface area contributed by atoms with Gasteiger partial charge in [-0.15, -0.1) is 0 Å². The maximum absolute atomic E-state index is 12.1. The molecule has 7 heteroatoms. The number of guanidine groups is 1. The molecule has 0 radical (unpaired) electrons. The molecule has 2 heterocycles. The van der Waals surface area contributed by atoms with E-state index in [0.717, 1.165) is 12.5 Å². The Bertz CT molecular complexity index is 417. The first-order valence-corrected chi connectivity index (χ1v) is 7.47. The molecule has 0 aromatic heterocycles. The zero-order chi connectivity index (χ0) is 15.6. The molecule has 0 aliphatic carbocycles. The molecule has 2 aliphatic rings. The summed E-state index contributed by atoms with van der Waals surface area (Å²) in [4.78, 5) is 20.5. The summed E-state index contributed by atoms with van der Waals surface area (Å²) in [5, 5.41) is 12.5. The number of aliphatic hydroxyl groups excluding tert-OH is 1. The van der Waals surface area contributed by atoms with Gasteiger partial charge in [-0.3, -0.25) is 4.99 Å². The highest BCUT2D eigenvalue weighted by Gasteiger charge is 2.36. The fourth-order valence-corrected chi connectivity index (χ4v) is 2.46. The monoisotopic (exact) mass is 298 g/mol. The Morgan fingerprint density at radius 3 is 2.86 bits per heavy atom. The maximum atomic E-state index is 12.1. The highest BCUT2D eigenvalue weighted by atomic mass is 16.6. The molecule has 2 atom stereocenters. The van der Waals surface area contributed by atoms with Gasteiger partial charge in [0.15, 0.2) is 5.96 Å². The van der Waals surface area contributed by atoms with Crippen LogP contribution < -0.4 is 5.32 Å². The van der Waals surface area contributed by atoms with Gasteiger partial charge >= 0.3 is 6.09 Å². The van der Waals surface area contributed by atoms with Crippen molar-refractivity contribution in [2.24, 2.45) is 4.99 Å². The van der Waals surface area contributed by atoms with Crippen LogP contribution in [0.5, 0.6) is 0 Å². The van der Waals surface area contributed by atoms with E-state index >= 15 is 0 Å². The number of ether oxygens (including phenoxy) is 1. The zero-order valence-corrected chi connectivity index (χ0v) is 13.3. The van der Waals surface area contributed by atoms with Crippen molar-refractivity contribution < 1.29 is 14.6 Å². The van der Waals surface area contributed by atoms with Gasteiger partial charge in [0.05, 0.1) is 18.7 Å². The van der Waals surface area contributed by atoms with Crippen molar-refractivity contribution >= 4 is 12.1 Å². The van der Waals surface area contributed by atoms with Crippen molar-refractivity contribution in [3.8, 4) is 0 Å². The van der Waals surface area contributed by atoms with Gasteiger partial charge in [-0.05, 0) is 27.7 Å². The molecule has 0 aromatic carbocycles. The van der Waals surface area contributed by atoms with Crippen LogP contribution in [0.3, 0.4) is 0 Å². The lowest BCUT2D eigenvalue weighted by Crippen LogP contribution is -2.57. The summed E-state index contributed by atoms with van der Waals surface area (Å²) < 4.78 is 5.41. The summed E-state index contributed by atoms with van der Waals surface area (Å²) in [5.74, 6) is 0.824. The largest absolute Gasteiger partial charge is 0.444 e. The minimum atomic E-state index is -0.468. The zero-order valence-electron chi connectivity index (χ0n) is 13.3. The molecule has 0 spiro atoms. The molecule has 0 aromatic rings. The second-order valence-electron chi connectivity index (χ2n) is 6.67. The third-order valence-corrected chi connectivity index (χ3v) is 3.41. The van der Waals surface area contributed by atoms with Crippen LogP contribution in [-0.4, -0.2) is 77.4 Å². The molecule has 2 N–H and O–H groups in total. The molecule has 2 unspecified atom stereocenters. The SMILES string of the molecule is CC(O)CNC1=NCC2CN(C(=O)OC(C)(C)C)CCN12. The summed E-state index contributed by atoms with van der Waals surface area (Å²) in [6, 6.07) is 0.197. The molecule has 1 fully saturated rings. The number of piperazine rings is 1. The molecule has 1 saturated heterocycles. The summed E-state index contributed by atoms with van der Waals surface area (Å²) >= 11 is 0. The predicted octanol–water partition coefficient (Wildman–Crippen LogP) is 0.248. The molecular weight excluding hydrogens is 272 g/mol. The van der Waals surface area contributed by atoms with Crippen LogP contribution in [0, 0.1) is 0 Å². The molecule has 120 valence electrons. The number of aliphatic imine (C=N–C) groups is 1. The van der Waals surface area contributed by atoms with E-state index in [0.29, 0.717) is 26.2 Å². The lowest BCUT2D eigenvalue weighted by Gasteiger charge is -2.39. The Morgan fingerprint density at radius 1 is 1.52 bits per heavy atom. The van der Waals surface area contributed by atoms with Crippen molar-refractivity contribution in [3.05, 3.63) is 0 Å². The first-order chi connectivity index (χ1) is 9.76. The van der Waals surface area contributed by atoms with Crippen LogP contribution in [0.2, 0.25) is 0 Å². The number of fused-ring (bicyclic) bond motifs is 1. The maximum Gasteiger partial charge on any atom is 0.410 e. The van der Waals surface area contributed by atoms with Crippen LogP contribution >= 0.6 is 0 Å². The Hall–Kier alpha value is -1.50. The van der Waals surface area contributed by atoms with E-state index in [-0.39, 0.29) is 12.1 Å². The Balaban J connectivity index is 1.86. The van der Waals surface area contributed by atoms with Gasteiger partial charge in [-0.1, -0.05) is 0 Å². The van der Waals surface area contributed by atoms with Crippen molar-refractivity contribution in [3.63, 3.8) is 0 Å². The van der Waals surface area contributed by atoms with Gasteiger partial charge in [0.1, 0.15) is 5.60 Å². The molecule has 2 rings (SSSR count). The average molecular weight is 298 g/mol. The van der Waals surface area contributed by atoms with Gasteiger partial charge in [0.2, 0.25) is 0 Å². The Kier molecular flexibility index (Phi) is 4.61. The predicted molar refractivity (Wildman–Crippen MR) is 80.3 cm³/mol. The molecular formula is C14H26N4O3. The van der Waals surface area contributed by atoms with Gasteiger partial charge in [0, 0.05) is 26.2 Å². The normalized spacial score (nSPS) is 23.5. The number of rotatable bonds is 2. The van der Waals surface area contributed by atoms with E-state index in [1.54, 1.807) is 11.8 Å². The number of amides is 1. The van der Waals surface area contributed by atoms with Crippen LogP contribution in [0.1, 0.15) is 27.7 Å². The third kappa shape index (κ3) is 4.23. The number of aliphatic hydroxyl groups is 1. The van der Waals surface area contributed by atoms with E-state index in [1.165, 1.54) is 0 Å². The van der Waals surface area contributed by atoms with Gasteiger partial charge < -0.3 is 25.0 Å². The highest BCUT2D eigenvalue weighted by Crippen LogP contribution is 2.18. The third-order valence-electron chi connectivity index (χ3n) is 3.41. The fraction of sp³-hybridized carbons (Fsp3) is 0.857. The fourth-order valence-electron chi connectivity index (χ4n) is 2.46. The summed E-state index contributed by atoms with van der Waals surface area (Å²) in [7, 11) is 0. The van der Waals surface area contributed by atoms with E-state index in [4.69, 9.17) is 4.74 Å². The van der Waals surface area contributed by atoms with Crippen LogP contribution in [-0.2, 0) is 4.74 Å². The second kappa shape index (κ2) is 6.09. The lowest BCUT2D eigenvalue weighted by molar-refractivity contribution is 0.0137. The molecule has 0 saturated carbocycles. The van der Waals surface area contributed by atoms with Gasteiger partial charge in [-0.25, -0.2) is 4.79 Å². The van der Waals surface area contributed by atoms with Crippen molar-refractivity contribution in [1.29, 1.82) is 0 Å². The standard InChI is InChI=1S/C14H26N4O3/c1-10(19)7-15-12-16-8-11-9-17(5-6-18(11)12)13(20)21-14(2,3)4/h10-11,19H,5-9H2,1-4H3,(H,15,16). The number of hydrogen-bond donors (Lipinski definition) is 2. The van der Waals surface area contributed by atoms with Crippen LogP contribution in [0.15, 0.2) is 4.99 Å². The van der Waals surface area contributed by atoms with E-state index < -0.39 is 11.7 Å². The number of carbonyl (C=O) groups is 1. The molecule has 21 heavy (non-hydrogen) atoms. The first kappa shape index (κ1) is 15.9. The number of carbonyl (C=O) groups excluding carboxylic acids is 1. The summed E-state index contributed by atoms with van der Waals surface area (Å²) in [6.45, 7) is 10.5. The molecule has 7 nitrogen and oxygen atoms in total. The molecule has 2 aliphatic heterocycles. The van der Waals surface area contributed by atoms with Gasteiger partial charge in [-0.2, -0.15) is 0 Å². The highest BCUT2D eigenvalue weighted by molar-refractivity contribution is 5.82. The smallest absolute Gasteiger partial charge is 0.410 e. The minimum Gasteiger partial charge on any atom is -0.444 e. The van der Waals surface area contributed by atoms with Crippen LogP contribution in [0.25, 0.3) is 0 Å². The van der Waals surface area contributed by atoms with E-state index in [2.05, 4.69) is 15.2 Å². The summed E-state index contributed by atoms with van der Waals surface area (Å²) in [6.07, 6.45) is -0.664. The van der Waals surface area contributed by atoms with Gasteiger partial charge in [0.25, 0.3) is 0 Å². The molecule has 1 amide bonds. The quantitative estimate of drug-likeness (QED) is 0.764. The first-order valence-electron chi connectivity index (χ1n) is 7.47. The van der Waals surface area contributed by atoms with Crippen molar-refractivity contribution in [1.82, 2.24) is 15.1 Å². The number of hydrogen-bond acceptors (Lipinski definition) is 6. The Morgan fingerprint density at radius 2 is 2.24 bits per heavy atom. The summed E-state index contributed by atoms with van der Waals surface area (Å²) in [5.41, 5.74) is -0.468. The Labute approximate surface area is 126 Å².